The summed E-state index contributed by atoms with van der Waals surface area (Å²) in [5.41, 5.74) is 32.1. The third-order valence-electron chi connectivity index (χ3n) is 26.9. The van der Waals surface area contributed by atoms with Crippen molar-refractivity contribution in [1.29, 1.82) is 0 Å². The number of aryl methyl sites for hydroxylation is 2. The molecule has 2 unspecified atom stereocenters. The topological polar surface area (TPSA) is 516 Å². The lowest BCUT2D eigenvalue weighted by atomic mass is 9.55. The summed E-state index contributed by atoms with van der Waals surface area (Å²) in [6.45, 7) is 20.7. The van der Waals surface area contributed by atoms with Gasteiger partial charge in [-0.25, -0.2) is 14.3 Å². The number of aliphatic hydroxyl groups excluding tert-OH is 2. The van der Waals surface area contributed by atoms with E-state index in [0.717, 1.165) is 100 Å². The number of carbonyl (C=O) groups excluding carboxylic acids is 9. The third-order valence-corrected chi connectivity index (χ3v) is 29.5. The van der Waals surface area contributed by atoms with E-state index in [1.54, 1.807) is 4.57 Å². The van der Waals surface area contributed by atoms with Gasteiger partial charge < -0.3 is 85.0 Å². The Kier molecular flexibility index (Phi) is 30.4. The molecule has 1 aromatic carbocycles. The minimum absolute atomic E-state index is 0.0144. The number of allylic oxidation sites excluding steroid dienone is 6. The van der Waals surface area contributed by atoms with Crippen molar-refractivity contribution in [3.8, 4) is 0 Å². The number of phosphoric acid groups is 1. The van der Waals surface area contributed by atoms with Gasteiger partial charge in [0.25, 0.3) is 0 Å². The summed E-state index contributed by atoms with van der Waals surface area (Å²) in [7, 11) is -5.10. The highest BCUT2D eigenvalue weighted by atomic mass is 32.2. The predicted octanol–water partition coefficient (Wildman–Crippen LogP) is 7.54. The molecule has 8 bridgehead atoms. The number of aromatic nitrogens is 2. The summed E-state index contributed by atoms with van der Waals surface area (Å²) in [4.78, 5) is 154. The van der Waals surface area contributed by atoms with Crippen LogP contribution in [-0.2, 0) is 56.7 Å². The molecule has 32 nitrogen and oxygen atoms in total. The molecule has 118 heavy (non-hydrogen) atoms. The first kappa shape index (κ1) is 92.4. The number of hydrogen-bond donors (Lipinski definition) is 14. The number of hydrogen-bond acceptors (Lipinski definition) is 21. The first-order chi connectivity index (χ1) is 55.7. The lowest BCUT2D eigenvalue weighted by Crippen LogP contribution is -2.56. The van der Waals surface area contributed by atoms with Crippen LogP contribution < -0.4 is 60.6 Å². The van der Waals surface area contributed by atoms with Crippen molar-refractivity contribution in [3.63, 3.8) is 0 Å². The SMILES string of the molecule is C/C1=C2N=C(/C=C3\N/C(=C(/C)C4=N[C@@](C)(C5N=C1[C@](C)(CCC(=O)NC[C@H](C)OP(=O)(O)O[C@H]1[C@@H](O)[C@@H](n6cnc7cc(C)c(C)cc76)O[C@@H]1CO)[C@H]5CC(N)=O)[C@@](C)(CC(N)=O)[C@@H]4CCC(N)=O)[C@@](C)(CC(N)=O)[C@@H]3CCC(N)=O)C(C)(C)[C@@H]/2CCC(=O)NCCCCCCCCCCCCNC(=O)CCCC[C@@H]1SC[C@@H]2NC(=O)N[C@@H]21. The van der Waals surface area contributed by atoms with Crippen molar-refractivity contribution in [2.24, 2.45) is 89.0 Å². The van der Waals surface area contributed by atoms with Crippen molar-refractivity contribution in [2.45, 2.75) is 296 Å². The summed E-state index contributed by atoms with van der Waals surface area (Å²) in [5.74, 6) is -5.77. The summed E-state index contributed by atoms with van der Waals surface area (Å²) in [6, 6.07) is 3.00. The lowest BCUT2D eigenvalue weighted by molar-refractivity contribution is -0.124. The predicted molar refractivity (Wildman–Crippen MR) is 451 cm³/mol. The van der Waals surface area contributed by atoms with Gasteiger partial charge in [-0.2, -0.15) is 11.8 Å². The van der Waals surface area contributed by atoms with Crippen molar-refractivity contribution < 1.29 is 76.6 Å². The highest BCUT2D eigenvalue weighted by Gasteiger charge is 2.67. The molecular formula is C84H129N16O16PS. The van der Waals surface area contributed by atoms with Crippen molar-refractivity contribution in [3.05, 3.63) is 63.9 Å². The minimum Gasteiger partial charge on any atom is -0.394 e. The van der Waals surface area contributed by atoms with E-state index in [0.29, 0.717) is 81.2 Å². The van der Waals surface area contributed by atoms with Crippen LogP contribution in [0.2, 0.25) is 0 Å². The number of imidazole rings is 1. The summed E-state index contributed by atoms with van der Waals surface area (Å²) >= 11 is 1.89. The van der Waals surface area contributed by atoms with Gasteiger partial charge in [0.1, 0.15) is 18.3 Å². The molecule has 9 heterocycles. The Bertz CT molecular complexity index is 4370. The largest absolute Gasteiger partial charge is 0.472 e. The number of unbranched alkanes of at least 4 members (excludes halogenated alkanes) is 10. The molecule has 18 atom stereocenters. The van der Waals surface area contributed by atoms with Crippen LogP contribution in [-0.4, -0.2) is 180 Å². The fraction of sp³-hybridized carbons (Fsp3) is 0.702. The minimum atomic E-state index is -5.10. The number of aliphatic imine (C=N–C) groups is 3. The van der Waals surface area contributed by atoms with Crippen LogP contribution in [0.4, 0.5) is 4.79 Å². The average molecular weight is 1680 g/mol. The van der Waals surface area contributed by atoms with Crippen LogP contribution in [0.1, 0.15) is 240 Å². The number of benzene rings is 1. The first-order valence-corrected chi connectivity index (χ1v) is 44.9. The monoisotopic (exact) mass is 1680 g/mol. The van der Waals surface area contributed by atoms with Crippen LogP contribution in [0.25, 0.3) is 11.0 Å². The van der Waals surface area contributed by atoms with Crippen molar-refractivity contribution >= 4 is 101 Å². The van der Waals surface area contributed by atoms with E-state index in [4.69, 9.17) is 57.4 Å². The van der Waals surface area contributed by atoms with Gasteiger partial charge >= 0.3 is 13.9 Å². The van der Waals surface area contributed by atoms with E-state index in [1.807, 2.05) is 99.2 Å². The molecule has 2 aromatic rings. The number of thioether (sulfide) groups is 1. The van der Waals surface area contributed by atoms with Gasteiger partial charge in [0.05, 0.1) is 53.7 Å². The maximum absolute atomic E-state index is 14.6. The zero-order chi connectivity index (χ0) is 86.1. The number of urea groups is 1. The van der Waals surface area contributed by atoms with E-state index < -0.39 is 137 Å². The Labute approximate surface area is 696 Å². The van der Waals surface area contributed by atoms with E-state index in [9.17, 15) is 62.8 Å². The number of fused-ring (bicyclic) bond motifs is 8. The molecule has 8 aliphatic heterocycles. The molecule has 34 heteroatoms. The Balaban J connectivity index is 0.865. The molecule has 4 fully saturated rings. The smallest absolute Gasteiger partial charge is 0.394 e. The maximum Gasteiger partial charge on any atom is 0.472 e. The highest BCUT2D eigenvalue weighted by molar-refractivity contribution is 8.00. The van der Waals surface area contributed by atoms with Gasteiger partial charge in [0.2, 0.25) is 47.3 Å². The van der Waals surface area contributed by atoms with Crippen LogP contribution in [0.5, 0.6) is 0 Å². The summed E-state index contributed by atoms with van der Waals surface area (Å²) in [5, 5.41) is 41.2. The second kappa shape index (κ2) is 38.9. The molecule has 10 rings (SSSR count). The second-order valence-electron chi connectivity index (χ2n) is 35.7. The third kappa shape index (κ3) is 20.8. The standard InChI is InChI=1S/C84H129N16O16PS/c1-46-36-56-58(37-47(46)2)100(45-93-56)78-73(110)74(59(43-101)114-78)116-117(112,113)115-48(3)42-92-69(109)32-33-81(8)54(38-64(87)104)77-84(11)83(10,41-66(89)106)53(27-30-63(86)103)71(99-84)50(5)76-82(9,40-65(88)105)51(26-29-62(85)102)55(94-76)39-61-80(6,7)52(70(96-61)49(4)75(81)98-77)28-31-68(108)91-35-23-19-17-15-13-12-14-16-18-22-34-90-67(107)25-21-20-24-60-72-57(44-118-60)95-79(111)97-72/h36-37,39,45,48,51-54,57,59-60,72-74,77-78,94,101,110H,12-35,38,40-44H2,1-11H3,(H2,85,102)(H2,86,103)(H2,87,104)(H2,88,105)(H2,89,106)(H,90,107)(H,91,108)(H,92,109)(H,112,113)(H2,95,97,111)/b55-39-,70-49-,76-50-/t48-,51+,52+,53+,54-,57-,59+,60-,72-,73+,74+,77?,78-,81+,82-,83-,84-/m0/s1. The fourth-order valence-electron chi connectivity index (χ4n) is 20.0. The van der Waals surface area contributed by atoms with Gasteiger partial charge in [0.15, 0.2) is 6.23 Å². The number of primary amides is 5. The lowest BCUT2D eigenvalue weighted by Gasteiger charge is -2.48. The number of rotatable bonds is 44. The number of nitrogens with one attached hydrogen (secondary N) is 6. The highest BCUT2D eigenvalue weighted by Crippen LogP contribution is 2.63. The molecule has 1 aromatic heterocycles. The van der Waals surface area contributed by atoms with Gasteiger partial charge in [0, 0.05) is 162 Å². The number of amides is 10. The average Bonchev–Trinajstić information content (AvgIpc) is 1.52. The van der Waals surface area contributed by atoms with E-state index in [-0.39, 0.29) is 107 Å². The molecule has 0 aliphatic carbocycles. The molecular weight excluding hydrogens is 1550 g/mol. The van der Waals surface area contributed by atoms with Crippen molar-refractivity contribution in [2.75, 3.05) is 32.0 Å². The number of aliphatic hydroxyl groups is 2. The Morgan fingerprint density at radius 2 is 1.31 bits per heavy atom. The van der Waals surface area contributed by atoms with Gasteiger partial charge in [-0.1, -0.05) is 92.4 Å². The molecule has 4 saturated heterocycles. The van der Waals surface area contributed by atoms with Crippen LogP contribution in [0.3, 0.4) is 0 Å². The van der Waals surface area contributed by atoms with Crippen LogP contribution in [0, 0.1) is 59.2 Å². The second-order valence-corrected chi connectivity index (χ2v) is 38.4. The molecule has 0 saturated carbocycles. The quantitative estimate of drug-likeness (QED) is 0.0173. The molecule has 8 aliphatic rings. The normalized spacial score (nSPS) is 31.8. The van der Waals surface area contributed by atoms with Gasteiger partial charge in [-0.05, 0) is 133 Å². The molecule has 10 amide bonds. The number of phosphoric ester groups is 1. The van der Waals surface area contributed by atoms with Crippen molar-refractivity contribution in [1.82, 2.24) is 41.5 Å². The maximum atomic E-state index is 14.6. The van der Waals surface area contributed by atoms with Crippen LogP contribution in [0.15, 0.2) is 67.8 Å². The number of nitrogens with zero attached hydrogens (tertiary/aromatic N) is 5. The molecule has 19 N–H and O–H groups in total. The van der Waals surface area contributed by atoms with E-state index >= 15 is 0 Å². The summed E-state index contributed by atoms with van der Waals surface area (Å²) < 4.78 is 32.6. The number of ether oxygens (including phenoxy) is 1. The zero-order valence-electron chi connectivity index (χ0n) is 70.7. The number of nitrogens with two attached hydrogens (primary N) is 5. The Hall–Kier alpha value is -7.91. The Morgan fingerprint density at radius 1 is 0.712 bits per heavy atom. The first-order valence-electron chi connectivity index (χ1n) is 42.3. The fourth-order valence-corrected chi connectivity index (χ4v) is 22.7. The van der Waals surface area contributed by atoms with E-state index in [1.165, 1.54) is 13.3 Å². The molecule has 652 valence electrons. The molecule has 0 spiro atoms. The van der Waals surface area contributed by atoms with E-state index in [2.05, 4.69) is 36.9 Å². The Morgan fingerprint density at radius 3 is 1.93 bits per heavy atom. The number of carbonyl (C=O) groups is 9. The van der Waals surface area contributed by atoms with Crippen LogP contribution >= 0.6 is 19.6 Å². The van der Waals surface area contributed by atoms with Gasteiger partial charge in [-0.3, -0.25) is 62.4 Å². The van der Waals surface area contributed by atoms with Gasteiger partial charge in [-0.15, -0.1) is 0 Å². The summed E-state index contributed by atoms with van der Waals surface area (Å²) in [6.07, 6.45) is 9.51. The zero-order valence-corrected chi connectivity index (χ0v) is 72.4. The molecule has 0 radical (unpaired) electrons.